The fourth-order valence-electron chi connectivity index (χ4n) is 2.37. The molecule has 94 valence electrons. The van der Waals surface area contributed by atoms with Crippen molar-refractivity contribution >= 4 is 10.8 Å². The van der Waals surface area contributed by atoms with Crippen molar-refractivity contribution in [2.24, 2.45) is 5.73 Å². The van der Waals surface area contributed by atoms with Gasteiger partial charge in [-0.2, -0.15) is 0 Å². The topological polar surface area (TPSA) is 43.1 Å². The fourth-order valence-corrected chi connectivity index (χ4v) is 3.85. The maximum atomic E-state index is 12.0. The molecule has 1 aromatic rings. The van der Waals surface area contributed by atoms with Crippen LogP contribution in [-0.4, -0.2) is 15.5 Å². The molecule has 0 aromatic heterocycles. The molecule has 0 radical (unpaired) electrons. The zero-order valence-electron chi connectivity index (χ0n) is 10.7. The summed E-state index contributed by atoms with van der Waals surface area (Å²) < 4.78 is 12.0. The van der Waals surface area contributed by atoms with Gasteiger partial charge in [-0.1, -0.05) is 18.2 Å². The summed E-state index contributed by atoms with van der Waals surface area (Å²) in [5.41, 5.74) is 9.65. The minimum absolute atomic E-state index is 0.346. The van der Waals surface area contributed by atoms with Crippen LogP contribution in [0, 0.1) is 0 Å². The molecule has 2 N–H and O–H groups in total. The average molecular weight is 251 g/mol. The summed E-state index contributed by atoms with van der Waals surface area (Å²) in [5, 5.41) is 0. The number of rotatable bonds is 4. The molecule has 3 heteroatoms. The van der Waals surface area contributed by atoms with E-state index < -0.39 is 10.8 Å². The molecule has 1 aliphatic rings. The Kier molecular flexibility index (Phi) is 3.69. The van der Waals surface area contributed by atoms with Gasteiger partial charge in [0.2, 0.25) is 0 Å². The van der Waals surface area contributed by atoms with Crippen molar-refractivity contribution in [1.29, 1.82) is 0 Å². The summed E-state index contributed by atoms with van der Waals surface area (Å²) in [6.45, 7) is 3.85. The van der Waals surface area contributed by atoms with Crippen LogP contribution >= 0.6 is 0 Å². The van der Waals surface area contributed by atoms with Gasteiger partial charge in [-0.3, -0.25) is 4.21 Å². The molecule has 0 saturated heterocycles. The maximum Gasteiger partial charge on any atom is 0.0486 e. The first-order chi connectivity index (χ1) is 7.94. The van der Waals surface area contributed by atoms with E-state index in [-0.39, 0.29) is 5.54 Å². The number of hydrogen-bond acceptors (Lipinski definition) is 2. The molecule has 2 rings (SSSR count). The Morgan fingerprint density at radius 3 is 2.71 bits per heavy atom. The highest BCUT2D eigenvalue weighted by atomic mass is 32.2. The zero-order valence-corrected chi connectivity index (χ0v) is 11.5. The molecule has 0 heterocycles. The zero-order chi connectivity index (χ0) is 12.5. The Labute approximate surface area is 106 Å². The normalized spacial score (nSPS) is 16.9. The molecule has 0 bridgehead atoms. The van der Waals surface area contributed by atoms with Gasteiger partial charge in [-0.05, 0) is 49.8 Å². The van der Waals surface area contributed by atoms with Crippen molar-refractivity contribution in [1.82, 2.24) is 0 Å². The molecule has 1 unspecified atom stereocenters. The lowest BCUT2D eigenvalue weighted by Gasteiger charge is -2.17. The summed E-state index contributed by atoms with van der Waals surface area (Å²) in [4.78, 5) is 0. The Hall–Kier alpha value is -0.670. The van der Waals surface area contributed by atoms with E-state index in [2.05, 4.69) is 18.2 Å². The van der Waals surface area contributed by atoms with Gasteiger partial charge in [0.15, 0.2) is 0 Å². The summed E-state index contributed by atoms with van der Waals surface area (Å²) in [6.07, 6.45) is 3.64. The van der Waals surface area contributed by atoms with E-state index >= 15 is 0 Å². The number of benzene rings is 1. The van der Waals surface area contributed by atoms with Crippen LogP contribution in [-0.2, 0) is 29.4 Å². The molecule has 0 spiro atoms. The SMILES string of the molecule is CC(C)(N)CS(=O)Cc1ccc2c(c1)CCC2. The van der Waals surface area contributed by atoms with Gasteiger partial charge >= 0.3 is 0 Å². The van der Waals surface area contributed by atoms with Crippen LogP contribution < -0.4 is 5.73 Å². The Bertz CT molecular complexity index is 434. The molecule has 1 aliphatic carbocycles. The molecule has 1 aromatic carbocycles. The lowest BCUT2D eigenvalue weighted by Crippen LogP contribution is -2.38. The van der Waals surface area contributed by atoms with Gasteiger partial charge in [0.1, 0.15) is 0 Å². The molecule has 0 saturated carbocycles. The smallest absolute Gasteiger partial charge is 0.0486 e. The first kappa shape index (κ1) is 12.8. The summed E-state index contributed by atoms with van der Waals surface area (Å²) in [7, 11) is -0.862. The third kappa shape index (κ3) is 3.65. The van der Waals surface area contributed by atoms with Gasteiger partial charge in [-0.15, -0.1) is 0 Å². The largest absolute Gasteiger partial charge is 0.325 e. The Balaban J connectivity index is 2.02. The van der Waals surface area contributed by atoms with E-state index in [1.54, 1.807) is 0 Å². The molecule has 2 nitrogen and oxygen atoms in total. The molecule has 0 amide bonds. The van der Waals surface area contributed by atoms with E-state index in [0.717, 1.165) is 0 Å². The monoisotopic (exact) mass is 251 g/mol. The van der Waals surface area contributed by atoms with Gasteiger partial charge < -0.3 is 5.73 Å². The van der Waals surface area contributed by atoms with Crippen LogP contribution in [0.5, 0.6) is 0 Å². The number of aryl methyl sites for hydroxylation is 2. The lowest BCUT2D eigenvalue weighted by atomic mass is 10.1. The van der Waals surface area contributed by atoms with E-state index in [1.807, 2.05) is 13.8 Å². The van der Waals surface area contributed by atoms with Crippen molar-refractivity contribution in [3.63, 3.8) is 0 Å². The van der Waals surface area contributed by atoms with Crippen molar-refractivity contribution in [2.45, 2.75) is 44.4 Å². The van der Waals surface area contributed by atoms with E-state index in [0.29, 0.717) is 11.5 Å². The second-order valence-corrected chi connectivity index (χ2v) is 7.13. The van der Waals surface area contributed by atoms with Gasteiger partial charge in [0, 0.05) is 27.8 Å². The Morgan fingerprint density at radius 2 is 2.00 bits per heavy atom. The second kappa shape index (κ2) is 4.91. The highest BCUT2D eigenvalue weighted by Crippen LogP contribution is 2.23. The minimum atomic E-state index is -0.862. The maximum absolute atomic E-state index is 12.0. The lowest BCUT2D eigenvalue weighted by molar-refractivity contribution is 0.577. The molecular formula is C14H21NOS. The minimum Gasteiger partial charge on any atom is -0.325 e. The first-order valence-electron chi connectivity index (χ1n) is 6.18. The highest BCUT2D eigenvalue weighted by Gasteiger charge is 2.16. The molecule has 0 fully saturated rings. The third-order valence-corrected chi connectivity index (χ3v) is 4.74. The standard InChI is InChI=1S/C14H21NOS/c1-14(2,15)10-17(16)9-11-6-7-12-4-3-5-13(12)8-11/h6-8H,3-5,9-10,15H2,1-2H3. The van der Waals surface area contributed by atoms with E-state index in [4.69, 9.17) is 5.73 Å². The van der Waals surface area contributed by atoms with E-state index in [1.165, 1.54) is 36.0 Å². The summed E-state index contributed by atoms with van der Waals surface area (Å²) in [5.74, 6) is 1.19. The van der Waals surface area contributed by atoms with E-state index in [9.17, 15) is 4.21 Å². The van der Waals surface area contributed by atoms with Crippen molar-refractivity contribution < 1.29 is 4.21 Å². The molecule has 1 atom stereocenters. The Morgan fingerprint density at radius 1 is 1.29 bits per heavy atom. The predicted octanol–water partition coefficient (Wildman–Crippen LogP) is 2.16. The number of nitrogens with two attached hydrogens (primary N) is 1. The number of fused-ring (bicyclic) bond motifs is 1. The van der Waals surface area contributed by atoms with Crippen LogP contribution in [0.4, 0.5) is 0 Å². The van der Waals surface area contributed by atoms with Crippen LogP contribution in [0.2, 0.25) is 0 Å². The van der Waals surface area contributed by atoms with Crippen LogP contribution in [0.3, 0.4) is 0 Å². The van der Waals surface area contributed by atoms with Crippen molar-refractivity contribution in [2.75, 3.05) is 5.75 Å². The fraction of sp³-hybridized carbons (Fsp3) is 0.571. The average Bonchev–Trinajstić information content (AvgIpc) is 2.61. The van der Waals surface area contributed by atoms with Gasteiger partial charge in [0.25, 0.3) is 0 Å². The highest BCUT2D eigenvalue weighted by molar-refractivity contribution is 7.84. The van der Waals surface area contributed by atoms with Crippen LogP contribution in [0.1, 0.15) is 37.0 Å². The molecule has 0 aliphatic heterocycles. The quantitative estimate of drug-likeness (QED) is 0.891. The summed E-state index contributed by atoms with van der Waals surface area (Å²) >= 11 is 0. The van der Waals surface area contributed by atoms with Crippen LogP contribution in [0.15, 0.2) is 18.2 Å². The third-order valence-electron chi connectivity index (χ3n) is 3.02. The van der Waals surface area contributed by atoms with Crippen molar-refractivity contribution in [3.05, 3.63) is 34.9 Å². The van der Waals surface area contributed by atoms with Gasteiger partial charge in [0.05, 0.1) is 0 Å². The molecule has 17 heavy (non-hydrogen) atoms. The second-order valence-electron chi connectivity index (χ2n) is 5.67. The van der Waals surface area contributed by atoms with Crippen molar-refractivity contribution in [3.8, 4) is 0 Å². The number of hydrogen-bond donors (Lipinski definition) is 1. The first-order valence-corrected chi connectivity index (χ1v) is 7.67. The van der Waals surface area contributed by atoms with Crippen LogP contribution in [0.25, 0.3) is 0 Å². The molecular weight excluding hydrogens is 230 g/mol. The summed E-state index contributed by atoms with van der Waals surface area (Å²) in [6, 6.07) is 6.54. The predicted molar refractivity (Wildman–Crippen MR) is 73.4 cm³/mol. The van der Waals surface area contributed by atoms with Gasteiger partial charge in [-0.25, -0.2) is 0 Å².